The van der Waals surface area contributed by atoms with Gasteiger partial charge in [0, 0.05) is 31.2 Å². The molecule has 5 heteroatoms. The molecule has 1 aromatic rings. The van der Waals surface area contributed by atoms with Crippen molar-refractivity contribution in [3.8, 4) is 0 Å². The molecule has 0 radical (unpaired) electrons. The third kappa shape index (κ3) is 6.37. The average molecular weight is 457 g/mol. The second kappa shape index (κ2) is 11.3. The van der Waals surface area contributed by atoms with E-state index in [1.54, 1.807) is 0 Å². The summed E-state index contributed by atoms with van der Waals surface area (Å²) in [6, 6.07) is 5.20. The van der Waals surface area contributed by atoms with Gasteiger partial charge < -0.3 is 16.0 Å². The van der Waals surface area contributed by atoms with Gasteiger partial charge in [-0.25, -0.2) is 0 Å². The van der Waals surface area contributed by atoms with Crippen LogP contribution in [0.2, 0.25) is 0 Å². The highest BCUT2D eigenvalue weighted by Gasteiger charge is 2.37. The van der Waals surface area contributed by atoms with Crippen LogP contribution < -0.4 is 11.1 Å². The van der Waals surface area contributed by atoms with Crippen molar-refractivity contribution in [1.82, 2.24) is 15.1 Å². The van der Waals surface area contributed by atoms with Crippen molar-refractivity contribution in [2.75, 3.05) is 39.3 Å². The second-order valence-corrected chi connectivity index (χ2v) is 11.3. The van der Waals surface area contributed by atoms with Gasteiger partial charge in [0.05, 0.1) is 5.92 Å². The van der Waals surface area contributed by atoms with E-state index in [0.29, 0.717) is 17.9 Å². The molecule has 2 aliphatic heterocycles. The summed E-state index contributed by atoms with van der Waals surface area (Å²) in [5.41, 5.74) is 11.6. The first-order valence-corrected chi connectivity index (χ1v) is 13.2. The average Bonchev–Trinajstić information content (AvgIpc) is 3.29. The van der Waals surface area contributed by atoms with Crippen LogP contribution in [0.15, 0.2) is 12.1 Å². The number of carbonyl (C=O) groups excluding carboxylic acids is 1. The molecule has 0 aromatic heterocycles. The molecule has 33 heavy (non-hydrogen) atoms. The van der Waals surface area contributed by atoms with E-state index in [2.05, 4.69) is 68.8 Å². The molecule has 2 heterocycles. The van der Waals surface area contributed by atoms with Crippen molar-refractivity contribution < 1.29 is 4.79 Å². The highest BCUT2D eigenvalue weighted by Crippen LogP contribution is 2.36. The number of benzene rings is 1. The zero-order valence-electron chi connectivity index (χ0n) is 22.0. The van der Waals surface area contributed by atoms with E-state index < -0.39 is 0 Å². The lowest BCUT2D eigenvalue weighted by atomic mass is 9.82. The molecule has 2 aliphatic rings. The maximum absolute atomic E-state index is 13.3. The number of likely N-dealkylation sites (tertiary alicyclic amines) is 2. The summed E-state index contributed by atoms with van der Waals surface area (Å²) in [6.45, 7) is 18.9. The van der Waals surface area contributed by atoms with Crippen LogP contribution in [0.4, 0.5) is 0 Å². The summed E-state index contributed by atoms with van der Waals surface area (Å²) in [6.07, 6.45) is 5.21. The van der Waals surface area contributed by atoms with Crippen LogP contribution in [0.1, 0.15) is 94.0 Å². The number of nitrogens with one attached hydrogen (secondary N) is 1. The molecule has 0 aliphatic carbocycles. The molecule has 2 atom stereocenters. The zero-order valence-corrected chi connectivity index (χ0v) is 22.0. The van der Waals surface area contributed by atoms with Gasteiger partial charge >= 0.3 is 0 Å². The van der Waals surface area contributed by atoms with Gasteiger partial charge in [0.2, 0.25) is 5.91 Å². The number of carbonyl (C=O) groups is 1. The molecule has 0 saturated carbocycles. The lowest BCUT2D eigenvalue weighted by Gasteiger charge is -2.36. The number of amides is 1. The van der Waals surface area contributed by atoms with Crippen molar-refractivity contribution in [1.29, 1.82) is 0 Å². The molecule has 2 unspecified atom stereocenters. The monoisotopic (exact) mass is 456 g/mol. The molecule has 1 amide bonds. The maximum atomic E-state index is 13.3. The Hall–Kier alpha value is -1.43. The Morgan fingerprint density at radius 2 is 1.79 bits per heavy atom. The molecule has 3 N–H and O–H groups in total. The summed E-state index contributed by atoms with van der Waals surface area (Å²) in [4.78, 5) is 17.9. The minimum absolute atomic E-state index is 0.149. The minimum Gasteiger partial charge on any atom is -0.342 e. The van der Waals surface area contributed by atoms with Gasteiger partial charge in [-0.2, -0.15) is 0 Å². The number of piperidine rings is 1. The van der Waals surface area contributed by atoms with E-state index in [0.717, 1.165) is 71.4 Å². The first kappa shape index (κ1) is 26.2. The Labute approximate surface area is 202 Å². The van der Waals surface area contributed by atoms with Crippen LogP contribution in [0.5, 0.6) is 0 Å². The van der Waals surface area contributed by atoms with E-state index in [1.807, 2.05) is 0 Å². The number of rotatable bonds is 8. The van der Waals surface area contributed by atoms with Crippen LogP contribution in [0.3, 0.4) is 0 Å². The summed E-state index contributed by atoms with van der Waals surface area (Å²) in [5, 5.41) is 3.74. The Balaban J connectivity index is 1.67. The summed E-state index contributed by atoms with van der Waals surface area (Å²) in [5.74, 6) is 1.09. The van der Waals surface area contributed by atoms with Crippen molar-refractivity contribution in [3.63, 3.8) is 0 Å². The lowest BCUT2D eigenvalue weighted by Crippen LogP contribution is -2.44. The van der Waals surface area contributed by atoms with E-state index in [4.69, 9.17) is 5.73 Å². The predicted molar refractivity (Wildman–Crippen MR) is 139 cm³/mol. The summed E-state index contributed by atoms with van der Waals surface area (Å²) >= 11 is 0. The van der Waals surface area contributed by atoms with Crippen LogP contribution >= 0.6 is 0 Å². The number of nitrogens with zero attached hydrogens (tertiary/aromatic N) is 2. The van der Waals surface area contributed by atoms with Crippen molar-refractivity contribution in [2.24, 2.45) is 11.7 Å². The number of nitrogens with two attached hydrogens (primary N) is 1. The normalized spacial score (nSPS) is 21.5. The first-order chi connectivity index (χ1) is 15.7. The quantitative estimate of drug-likeness (QED) is 0.565. The minimum atomic E-state index is 0.149. The molecular weight excluding hydrogens is 408 g/mol. The smallest absolute Gasteiger partial charge is 0.227 e. The van der Waals surface area contributed by atoms with Gasteiger partial charge in [0.15, 0.2) is 0 Å². The molecular formula is C28H48N4O. The maximum Gasteiger partial charge on any atom is 0.227 e. The van der Waals surface area contributed by atoms with Crippen molar-refractivity contribution >= 4 is 5.91 Å². The Kier molecular flexibility index (Phi) is 8.99. The number of hydrogen-bond acceptors (Lipinski definition) is 4. The van der Waals surface area contributed by atoms with Gasteiger partial charge in [0.25, 0.3) is 0 Å². The van der Waals surface area contributed by atoms with Gasteiger partial charge in [-0.1, -0.05) is 19.1 Å². The standard InChI is InChI=1S/C28H48N4O/c1-7-26(30-13-8-12-29)25-18-21(3)20(2)17-24(25)22-9-14-31(15-10-22)27(33)23-11-16-32(19-23)28(4,5)6/h17-18,22-23,26,30H,7-16,19,29H2,1-6H3. The highest BCUT2D eigenvalue weighted by molar-refractivity contribution is 5.79. The SMILES string of the molecule is CCC(NCCCN)c1cc(C)c(C)cc1C1CCN(C(=O)C2CCN(C(C)(C)C)C2)CC1. The molecule has 186 valence electrons. The fraction of sp³-hybridized carbons (Fsp3) is 0.750. The van der Waals surface area contributed by atoms with Crippen molar-refractivity contribution in [3.05, 3.63) is 34.4 Å². The predicted octanol–water partition coefficient (Wildman–Crippen LogP) is 4.52. The molecule has 5 nitrogen and oxygen atoms in total. The Bertz CT molecular complexity index is 792. The molecule has 2 fully saturated rings. The molecule has 1 aromatic carbocycles. The third-order valence-corrected chi connectivity index (χ3v) is 7.99. The van der Waals surface area contributed by atoms with Crippen LogP contribution in [-0.2, 0) is 4.79 Å². The topological polar surface area (TPSA) is 61.6 Å². The molecule has 0 bridgehead atoms. The first-order valence-electron chi connectivity index (χ1n) is 13.2. The van der Waals surface area contributed by atoms with Gasteiger partial charge in [0.1, 0.15) is 0 Å². The van der Waals surface area contributed by atoms with Crippen LogP contribution in [0.25, 0.3) is 0 Å². The van der Waals surface area contributed by atoms with Gasteiger partial charge in [-0.3, -0.25) is 9.69 Å². The zero-order chi connectivity index (χ0) is 24.2. The Morgan fingerprint density at radius 1 is 1.12 bits per heavy atom. The van der Waals surface area contributed by atoms with Gasteiger partial charge in [-0.15, -0.1) is 0 Å². The van der Waals surface area contributed by atoms with E-state index in [9.17, 15) is 4.79 Å². The lowest BCUT2D eigenvalue weighted by molar-refractivity contribution is -0.136. The van der Waals surface area contributed by atoms with E-state index >= 15 is 0 Å². The van der Waals surface area contributed by atoms with Gasteiger partial charge in [-0.05, 0) is 115 Å². The van der Waals surface area contributed by atoms with Crippen molar-refractivity contribution in [2.45, 2.75) is 91.1 Å². The summed E-state index contributed by atoms with van der Waals surface area (Å²) < 4.78 is 0. The molecule has 2 saturated heterocycles. The van der Waals surface area contributed by atoms with Crippen LogP contribution in [0, 0.1) is 19.8 Å². The Morgan fingerprint density at radius 3 is 2.36 bits per heavy atom. The van der Waals surface area contributed by atoms with E-state index in [-0.39, 0.29) is 11.5 Å². The highest BCUT2D eigenvalue weighted by atomic mass is 16.2. The molecule has 0 spiro atoms. The fourth-order valence-corrected chi connectivity index (χ4v) is 5.61. The van der Waals surface area contributed by atoms with E-state index in [1.165, 1.54) is 22.3 Å². The number of hydrogen-bond donors (Lipinski definition) is 2. The largest absolute Gasteiger partial charge is 0.342 e. The number of aryl methyl sites for hydroxylation is 2. The molecule has 3 rings (SSSR count). The summed E-state index contributed by atoms with van der Waals surface area (Å²) in [7, 11) is 0. The van der Waals surface area contributed by atoms with Crippen LogP contribution in [-0.4, -0.2) is 60.5 Å². The second-order valence-electron chi connectivity index (χ2n) is 11.3. The third-order valence-electron chi connectivity index (χ3n) is 7.99. The fourth-order valence-electron chi connectivity index (χ4n) is 5.61.